The molecule has 1 aliphatic heterocycles. The number of hydrogen-bond donors (Lipinski definition) is 2. The summed E-state index contributed by atoms with van der Waals surface area (Å²) in [7, 11) is 0. The summed E-state index contributed by atoms with van der Waals surface area (Å²) < 4.78 is 1.36. The number of carboxylic acids is 1. The molecular formula is C9H19BrClN4O2+. The van der Waals surface area contributed by atoms with Crippen LogP contribution < -0.4 is 5.43 Å². The van der Waals surface area contributed by atoms with Crippen molar-refractivity contribution in [2.45, 2.75) is 32.6 Å². The van der Waals surface area contributed by atoms with Crippen molar-refractivity contribution in [1.82, 2.24) is 9.95 Å². The number of carbonyl (C=O) groups is 1. The number of halogens is 2. The first kappa shape index (κ1) is 16.4. The molecule has 0 atom stereocenters. The second-order valence-corrected chi connectivity index (χ2v) is 4.59. The van der Waals surface area contributed by atoms with Crippen LogP contribution >= 0.6 is 27.7 Å². The van der Waals surface area contributed by atoms with Gasteiger partial charge in [0, 0.05) is 11.8 Å². The molecule has 0 spiro atoms. The molecule has 1 aliphatic rings. The number of carboxylic acid groups (broad SMARTS) is 1. The van der Waals surface area contributed by atoms with E-state index in [9.17, 15) is 4.79 Å². The van der Waals surface area contributed by atoms with Crippen LogP contribution in [0.3, 0.4) is 0 Å². The van der Waals surface area contributed by atoms with Gasteiger partial charge in [-0.25, -0.2) is 0 Å². The molecule has 2 N–H and O–H groups in total. The highest BCUT2D eigenvalue weighted by molar-refractivity contribution is 9.09. The lowest BCUT2D eigenvalue weighted by Gasteiger charge is -1.93. The van der Waals surface area contributed by atoms with Gasteiger partial charge in [-0.3, -0.25) is 4.79 Å². The van der Waals surface area contributed by atoms with Crippen molar-refractivity contribution in [2.24, 2.45) is 5.22 Å². The average Bonchev–Trinajstić information content (AvgIpc) is 2.70. The highest BCUT2D eigenvalue weighted by atomic mass is 79.9. The molecule has 0 unspecified atom stereocenters. The number of nitrogens with one attached hydrogen (secondary N) is 1. The van der Waals surface area contributed by atoms with Crippen molar-refractivity contribution in [3.63, 3.8) is 0 Å². The molecule has 0 fully saturated rings. The highest BCUT2D eigenvalue weighted by Crippen LogP contribution is 2.00. The van der Waals surface area contributed by atoms with Crippen LogP contribution in [-0.2, 0) is 4.79 Å². The van der Waals surface area contributed by atoms with Crippen LogP contribution in [0.1, 0.15) is 32.6 Å². The third-order valence-electron chi connectivity index (χ3n) is 1.84. The van der Waals surface area contributed by atoms with E-state index in [1.807, 2.05) is 0 Å². The van der Waals surface area contributed by atoms with Gasteiger partial charge in [-0.1, -0.05) is 34.1 Å². The quantitative estimate of drug-likeness (QED) is 0.446. The smallest absolute Gasteiger partial charge is 0.303 e. The van der Waals surface area contributed by atoms with E-state index in [1.165, 1.54) is 10.9 Å². The number of aliphatic carboxylic acids is 1. The second-order valence-electron chi connectivity index (χ2n) is 3.41. The third kappa shape index (κ3) is 10.3. The summed E-state index contributed by atoms with van der Waals surface area (Å²) in [6.07, 6.45) is 3.30. The van der Waals surface area contributed by atoms with Gasteiger partial charge < -0.3 is 5.11 Å². The lowest BCUT2D eigenvalue weighted by molar-refractivity contribution is -0.637. The van der Waals surface area contributed by atoms with Gasteiger partial charge in [0.25, 0.3) is 0 Å². The Bertz CT molecular complexity index is 253. The maximum atomic E-state index is 9.74. The summed E-state index contributed by atoms with van der Waals surface area (Å²) in [5, 5.41) is 12.7. The molecule has 0 amide bonds. The van der Waals surface area contributed by atoms with Crippen molar-refractivity contribution in [3.05, 3.63) is 0 Å². The van der Waals surface area contributed by atoms with E-state index in [1.54, 1.807) is 4.81 Å². The van der Waals surface area contributed by atoms with Gasteiger partial charge in [0.15, 0.2) is 11.8 Å². The fourth-order valence-corrected chi connectivity index (χ4v) is 1.39. The largest absolute Gasteiger partial charge is 0.481 e. The van der Waals surface area contributed by atoms with E-state index < -0.39 is 5.97 Å². The first-order valence-corrected chi connectivity index (χ1v) is 6.99. The van der Waals surface area contributed by atoms with E-state index >= 15 is 0 Å². The number of hydrazine groups is 1. The molecule has 0 aromatic carbocycles. The third-order valence-corrected chi connectivity index (χ3v) is 2.58. The minimum atomic E-state index is -0.723. The van der Waals surface area contributed by atoms with Crippen LogP contribution in [0.2, 0.25) is 0 Å². The summed E-state index contributed by atoms with van der Waals surface area (Å²) in [6.45, 7) is 3.68. The molecular weight excluding hydrogens is 311 g/mol. The Morgan fingerprint density at radius 3 is 2.71 bits per heavy atom. The topological polar surface area (TPSA) is 67.9 Å². The highest BCUT2D eigenvalue weighted by Gasteiger charge is 2.17. The van der Waals surface area contributed by atoms with Gasteiger partial charge in [0.1, 0.15) is 11.8 Å². The predicted octanol–water partition coefficient (Wildman–Crippen LogP) is 2.34. The van der Waals surface area contributed by atoms with Crippen molar-refractivity contribution >= 4 is 33.7 Å². The molecule has 6 nitrogen and oxygen atoms in total. The molecule has 0 bridgehead atoms. The van der Waals surface area contributed by atoms with Crippen LogP contribution in [0.4, 0.5) is 0 Å². The van der Waals surface area contributed by atoms with Gasteiger partial charge in [0.05, 0.1) is 0 Å². The zero-order chi connectivity index (χ0) is 13.1. The van der Waals surface area contributed by atoms with E-state index in [4.69, 9.17) is 16.9 Å². The maximum Gasteiger partial charge on any atom is 0.303 e. The van der Waals surface area contributed by atoms with Crippen LogP contribution in [-0.4, -0.2) is 39.0 Å². The lowest BCUT2D eigenvalue weighted by Crippen LogP contribution is -2.24. The van der Waals surface area contributed by atoms with Gasteiger partial charge in [-0.2, -0.15) is 5.43 Å². The zero-order valence-electron chi connectivity index (χ0n) is 9.90. The summed E-state index contributed by atoms with van der Waals surface area (Å²) in [4.78, 5) is 11.5. The Morgan fingerprint density at radius 1 is 1.65 bits per heavy atom. The Balaban J connectivity index is 0.000000325. The normalized spacial score (nSPS) is 13.6. The Morgan fingerprint density at radius 2 is 2.35 bits per heavy atom. The number of unbranched alkanes of at least 4 members (excludes halogenated alkanes) is 1. The van der Waals surface area contributed by atoms with Crippen LogP contribution in [0, 0.1) is 0 Å². The Hall–Kier alpha value is -0.560. The van der Waals surface area contributed by atoms with Crippen LogP contribution in [0.5, 0.6) is 0 Å². The Kier molecular flexibility index (Phi) is 10.2. The van der Waals surface area contributed by atoms with Crippen molar-refractivity contribution < 1.29 is 14.7 Å². The van der Waals surface area contributed by atoms with Crippen LogP contribution in [0.15, 0.2) is 5.22 Å². The molecule has 0 radical (unpaired) electrons. The number of hydrogen-bond acceptors (Lipinski definition) is 4. The predicted molar refractivity (Wildman–Crippen MR) is 68.8 cm³/mol. The minimum absolute atomic E-state index is 0.269. The van der Waals surface area contributed by atoms with E-state index in [-0.39, 0.29) is 6.42 Å². The molecule has 17 heavy (non-hydrogen) atoms. The first-order valence-electron chi connectivity index (χ1n) is 5.53. The lowest BCUT2D eigenvalue weighted by atomic mass is 10.3. The summed E-state index contributed by atoms with van der Waals surface area (Å²) >= 11 is 8.66. The van der Waals surface area contributed by atoms with E-state index in [0.29, 0.717) is 6.67 Å². The van der Waals surface area contributed by atoms with Gasteiger partial charge in [0.2, 0.25) is 6.67 Å². The number of rotatable bonds is 6. The summed E-state index contributed by atoms with van der Waals surface area (Å²) in [5.74, 6) is -0.723. The van der Waals surface area contributed by atoms with Crippen molar-refractivity contribution in [2.75, 3.05) is 18.5 Å². The maximum absolute atomic E-state index is 9.74. The molecule has 0 aliphatic carbocycles. The monoisotopic (exact) mass is 329 g/mol. The first-order chi connectivity index (χ1) is 8.10. The fourth-order valence-electron chi connectivity index (χ4n) is 0.970. The summed E-state index contributed by atoms with van der Waals surface area (Å²) in [5.41, 5.74) is 3.00. The molecule has 1 heterocycles. The molecule has 0 saturated carbocycles. The van der Waals surface area contributed by atoms with Gasteiger partial charge in [-0.05, 0) is 17.4 Å². The molecule has 0 aromatic rings. The van der Waals surface area contributed by atoms with Gasteiger partial charge >= 0.3 is 5.97 Å². The van der Waals surface area contributed by atoms with Gasteiger partial charge in [-0.15, -0.1) is 0 Å². The molecule has 0 aromatic heterocycles. The fraction of sp³-hybridized carbons (Fsp3) is 0.889. The van der Waals surface area contributed by atoms with Crippen molar-refractivity contribution in [1.29, 1.82) is 0 Å². The number of nitrogens with zero attached hydrogens (tertiary/aromatic N) is 3. The standard InChI is InChI=1S/C5H12ClN4.C4H7BrO2/c1-2-3-4-10-7-5-9(6)8-10;5-3-1-2-4(6)7/h2-5H2,1H3,(H,7,8);1-3H2,(H,6,7)/q+1;. The van der Waals surface area contributed by atoms with Crippen LogP contribution in [0.25, 0.3) is 0 Å². The number of alkyl halides is 1. The SMILES string of the molecule is CCCC[N+]1=NN(Cl)CN1.O=C(O)CCCBr. The second kappa shape index (κ2) is 10.6. The Labute approximate surface area is 115 Å². The van der Waals surface area contributed by atoms with E-state index in [0.717, 1.165) is 24.7 Å². The average molecular weight is 331 g/mol. The molecule has 8 heteroatoms. The molecule has 0 saturated heterocycles. The summed E-state index contributed by atoms with van der Waals surface area (Å²) in [6, 6.07) is 0. The van der Waals surface area contributed by atoms with E-state index in [2.05, 4.69) is 33.5 Å². The van der Waals surface area contributed by atoms with Crippen molar-refractivity contribution in [3.8, 4) is 0 Å². The zero-order valence-corrected chi connectivity index (χ0v) is 12.2. The molecule has 100 valence electrons. The molecule has 1 rings (SSSR count). The minimum Gasteiger partial charge on any atom is -0.481 e.